The first kappa shape index (κ1) is 45.8. The summed E-state index contributed by atoms with van der Waals surface area (Å²) in [6, 6.07) is 0. The van der Waals surface area contributed by atoms with Crippen molar-refractivity contribution >= 4 is 116 Å². The van der Waals surface area contributed by atoms with Crippen molar-refractivity contribution in [3.8, 4) is 0 Å². The minimum absolute atomic E-state index is 0.0586. The first-order chi connectivity index (χ1) is 23.8. The molecule has 0 heterocycles. The average molecular weight is 923 g/mol. The molecule has 8 aliphatic carbocycles. The molecular weight excluding hydrogens is 889 g/mol. The Morgan fingerprint density at radius 2 is 0.843 bits per heavy atom. The Bertz CT molecular complexity index is 1320. The zero-order valence-corrected chi connectivity index (χ0v) is 34.1. The fraction of sp³-hybridized carbons (Fsp3) is 0.543. The molecule has 0 aliphatic heterocycles. The van der Waals surface area contributed by atoms with Gasteiger partial charge in [0.25, 0.3) is 0 Å². The molecule has 10 unspecified atom stereocenters. The highest BCUT2D eigenvalue weighted by Crippen LogP contribution is 2.61. The minimum Gasteiger partial charge on any atom is -0.193 e. The fourth-order valence-corrected chi connectivity index (χ4v) is 9.20. The van der Waals surface area contributed by atoms with Gasteiger partial charge < -0.3 is 0 Å². The van der Waals surface area contributed by atoms with Gasteiger partial charge in [-0.2, -0.15) is 26.3 Å². The van der Waals surface area contributed by atoms with Gasteiger partial charge in [0.2, 0.25) is 0 Å². The predicted molar refractivity (Wildman–Crippen MR) is 207 cm³/mol. The van der Waals surface area contributed by atoms with Crippen LogP contribution in [0.3, 0.4) is 0 Å². The fourth-order valence-electron chi connectivity index (χ4n) is 5.74. The summed E-state index contributed by atoms with van der Waals surface area (Å²) < 4.78 is 74.0. The second-order valence-electron chi connectivity index (χ2n) is 12.3. The molecule has 0 aromatic rings. The van der Waals surface area contributed by atoms with Crippen LogP contribution in [0.1, 0.15) is 38.5 Å². The van der Waals surface area contributed by atoms with Gasteiger partial charge >= 0.3 is 17.8 Å². The maximum absolute atomic E-state index is 12.4. The van der Waals surface area contributed by atoms with Gasteiger partial charge in [-0.25, -0.2) is 0 Å². The molecule has 0 aromatic heterocycles. The summed E-state index contributed by atoms with van der Waals surface area (Å²) in [5.74, 6) is -14.2. The van der Waals surface area contributed by atoms with Crippen LogP contribution in [-0.2, 0) is 0 Å². The highest BCUT2D eigenvalue weighted by Gasteiger charge is 2.80. The Balaban J connectivity index is 0.000000170. The third-order valence-corrected chi connectivity index (χ3v) is 14.5. The van der Waals surface area contributed by atoms with E-state index < -0.39 is 27.8 Å². The number of alkyl halides is 14. The van der Waals surface area contributed by atoms with Crippen molar-refractivity contribution in [2.45, 2.75) is 99.3 Å². The Hall–Kier alpha value is 0.400. The quantitative estimate of drug-likeness (QED) is 0.129. The molecule has 51 heavy (non-hydrogen) atoms. The van der Waals surface area contributed by atoms with Crippen LogP contribution < -0.4 is 0 Å². The molecule has 0 amide bonds. The largest absolute Gasteiger partial charge is 0.382 e. The van der Waals surface area contributed by atoms with E-state index in [4.69, 9.17) is 92.8 Å². The van der Waals surface area contributed by atoms with Gasteiger partial charge in [-0.15, -0.1) is 92.8 Å². The number of allylic oxidation sites excluding steroid dienone is 16. The van der Waals surface area contributed by atoms with Crippen LogP contribution >= 0.6 is 116 Å². The van der Waals surface area contributed by atoms with Crippen molar-refractivity contribution in [1.29, 1.82) is 0 Å². The number of rotatable bonds is 0. The monoisotopic (exact) mass is 918 g/mol. The summed E-state index contributed by atoms with van der Waals surface area (Å²) in [5, 5.41) is -4.94. The van der Waals surface area contributed by atoms with E-state index in [1.807, 2.05) is 0 Å². The van der Waals surface area contributed by atoms with Gasteiger partial charge in [0.15, 0.2) is 0 Å². The van der Waals surface area contributed by atoms with Gasteiger partial charge in [0, 0.05) is 5.92 Å². The minimum atomic E-state index is -5.58. The van der Waals surface area contributed by atoms with Gasteiger partial charge in [-0.05, 0) is 50.0 Å². The molecule has 2 saturated carbocycles. The number of fused-ring (bicyclic) bond motifs is 4. The first-order valence-electron chi connectivity index (χ1n) is 15.8. The Morgan fingerprint density at radius 3 is 1.08 bits per heavy atom. The van der Waals surface area contributed by atoms with Crippen molar-refractivity contribution in [2.75, 3.05) is 0 Å². The van der Waals surface area contributed by atoms with Crippen LogP contribution in [0.25, 0.3) is 0 Å². The van der Waals surface area contributed by atoms with E-state index >= 15 is 0 Å². The third-order valence-electron chi connectivity index (χ3n) is 8.67. The smallest absolute Gasteiger partial charge is 0.193 e. The lowest BCUT2D eigenvalue weighted by Gasteiger charge is -2.23. The van der Waals surface area contributed by atoms with E-state index in [9.17, 15) is 26.3 Å². The van der Waals surface area contributed by atoms with E-state index in [1.54, 1.807) is 11.1 Å². The summed E-state index contributed by atoms with van der Waals surface area (Å²) in [6.45, 7) is 0. The summed E-state index contributed by atoms with van der Waals surface area (Å²) in [5.41, 5.74) is 3.36. The van der Waals surface area contributed by atoms with E-state index in [-0.39, 0.29) is 43.0 Å². The molecule has 0 radical (unpaired) electrons. The second kappa shape index (κ2) is 20.0. The summed E-state index contributed by atoms with van der Waals surface area (Å²) >= 11 is 55.2. The lowest BCUT2D eigenvalue weighted by atomic mass is 10.00. The lowest BCUT2D eigenvalue weighted by molar-refractivity contribution is -0.262. The average Bonchev–Trinajstić information content (AvgIpc) is 3.95. The van der Waals surface area contributed by atoms with E-state index in [1.165, 1.54) is 12.8 Å². The molecule has 0 saturated heterocycles. The molecule has 2 fully saturated rings. The van der Waals surface area contributed by atoms with E-state index in [2.05, 4.69) is 96.1 Å². The van der Waals surface area contributed by atoms with E-state index in [0.29, 0.717) is 12.8 Å². The Morgan fingerprint density at radius 1 is 0.490 bits per heavy atom. The molecule has 0 nitrogen and oxygen atoms in total. The Labute approximate surface area is 345 Å². The molecule has 16 heteroatoms. The first-order valence-corrected chi connectivity index (χ1v) is 20.0. The highest BCUT2D eigenvalue weighted by atomic mass is 35.5. The summed E-state index contributed by atoms with van der Waals surface area (Å²) in [4.78, 5) is 0. The molecular formula is C35H34Cl10F6. The van der Waals surface area contributed by atoms with Crippen LogP contribution in [-0.4, -0.2) is 60.8 Å². The number of hydrogen-bond acceptors (Lipinski definition) is 0. The van der Waals surface area contributed by atoms with Crippen LogP contribution in [0, 0.1) is 11.8 Å². The molecule has 10 atom stereocenters. The predicted octanol–water partition coefficient (Wildman–Crippen LogP) is 14.7. The van der Waals surface area contributed by atoms with Gasteiger partial charge in [0.1, 0.15) is 10.1 Å². The van der Waals surface area contributed by atoms with Crippen molar-refractivity contribution in [2.24, 2.45) is 11.8 Å². The molecule has 2 bridgehead atoms. The highest BCUT2D eigenvalue weighted by molar-refractivity contribution is 6.41. The van der Waals surface area contributed by atoms with Crippen LogP contribution in [0.2, 0.25) is 0 Å². The second-order valence-corrected chi connectivity index (χ2v) is 17.3. The maximum atomic E-state index is 12.4. The topological polar surface area (TPSA) is 0 Å². The van der Waals surface area contributed by atoms with Crippen molar-refractivity contribution < 1.29 is 26.3 Å². The van der Waals surface area contributed by atoms with Gasteiger partial charge in [-0.3, -0.25) is 0 Å². The van der Waals surface area contributed by atoms with Crippen LogP contribution in [0.5, 0.6) is 0 Å². The standard InChI is InChI=1S/C10H10.2C5H6Cl4.C5Cl2F6.2C5H6/c1-2-9-7-4-5-8(6-7)10(9)3-1;2*6-2-1-3(7)5(9)4(2)8;6-1-2(7)4(10,11)5(12,13)3(1,8)9;2*1-2-4-5-3-1/h1-2,4-5,7-8H,3,6H2;2*2-5H,1H2;;2*1-4H,5H2. The van der Waals surface area contributed by atoms with E-state index in [0.717, 1.165) is 24.7 Å². The molecule has 0 spiro atoms. The molecule has 0 aromatic carbocycles. The normalized spacial score (nSPS) is 37.2. The van der Waals surface area contributed by atoms with Crippen molar-refractivity contribution in [1.82, 2.24) is 0 Å². The number of halogens is 16. The molecule has 0 N–H and O–H groups in total. The summed E-state index contributed by atoms with van der Waals surface area (Å²) in [7, 11) is 0. The number of hydrogen-bond donors (Lipinski definition) is 0. The zero-order chi connectivity index (χ0) is 38.3. The van der Waals surface area contributed by atoms with Crippen LogP contribution in [0.15, 0.2) is 94.1 Å². The molecule has 286 valence electrons. The Kier molecular flexibility index (Phi) is 18.0. The van der Waals surface area contributed by atoms with Crippen LogP contribution in [0.4, 0.5) is 26.3 Å². The summed E-state index contributed by atoms with van der Waals surface area (Å²) in [6.07, 6.45) is 32.4. The SMILES string of the molecule is C1=CC2=C(C1)C1C=CC2C1.C1=CCC=C1.C1=CCC=C1.ClC1CC(Cl)C(Cl)C1Cl.ClC1CC(Cl)C(Cl)C1Cl.FC1(F)C(Cl)=C(Cl)C(F)(F)C1(F)F. The van der Waals surface area contributed by atoms with Gasteiger partial charge in [-0.1, -0.05) is 102 Å². The lowest BCUT2D eigenvalue weighted by Crippen LogP contribution is -2.48. The zero-order valence-electron chi connectivity index (χ0n) is 26.5. The molecule has 8 aliphatic rings. The maximum Gasteiger partial charge on any atom is 0.382 e. The van der Waals surface area contributed by atoms with Crippen molar-refractivity contribution in [3.05, 3.63) is 94.1 Å². The third kappa shape index (κ3) is 11.0. The van der Waals surface area contributed by atoms with Crippen molar-refractivity contribution in [3.63, 3.8) is 0 Å². The molecule has 8 rings (SSSR count). The van der Waals surface area contributed by atoms with Gasteiger partial charge in [0.05, 0.1) is 43.0 Å².